The van der Waals surface area contributed by atoms with Crippen molar-refractivity contribution in [3.8, 4) is 0 Å². The molecule has 1 aromatic heterocycles. The number of aromatic nitrogens is 1. The molecule has 0 bridgehead atoms. The topological polar surface area (TPSA) is 70.5 Å². The van der Waals surface area contributed by atoms with E-state index in [9.17, 15) is 14.7 Å². The Kier molecular flexibility index (Phi) is 4.72. The fourth-order valence-electron chi connectivity index (χ4n) is 3.47. The molecular weight excluding hydrogens is 352 g/mol. The number of aliphatic hydroxyl groups excluding tert-OH is 1. The summed E-state index contributed by atoms with van der Waals surface area (Å²) in [5.74, 6) is -1.47. The summed E-state index contributed by atoms with van der Waals surface area (Å²) in [6.45, 7) is 0.268. The number of hydrogen-bond donors (Lipinski definition) is 1. The highest BCUT2D eigenvalue weighted by atomic mass is 16.3. The molecule has 1 amide bonds. The number of amides is 1. The van der Waals surface area contributed by atoms with Crippen molar-refractivity contribution < 1.29 is 14.7 Å². The van der Waals surface area contributed by atoms with Crippen LogP contribution >= 0.6 is 0 Å². The molecule has 2 aromatic carbocycles. The van der Waals surface area contributed by atoms with Gasteiger partial charge in [-0.2, -0.15) is 0 Å². The molecule has 1 unspecified atom stereocenters. The Hall–Kier alpha value is -3.73. The van der Waals surface area contributed by atoms with E-state index in [0.717, 1.165) is 11.1 Å². The molecule has 0 spiro atoms. The number of benzene rings is 2. The Bertz CT molecular complexity index is 1030. The lowest BCUT2D eigenvalue weighted by Gasteiger charge is -2.25. The lowest BCUT2D eigenvalue weighted by atomic mass is 9.96. The van der Waals surface area contributed by atoms with E-state index in [1.807, 2.05) is 36.4 Å². The van der Waals surface area contributed by atoms with Crippen molar-refractivity contribution in [1.82, 2.24) is 9.88 Å². The van der Waals surface area contributed by atoms with Crippen LogP contribution in [0.3, 0.4) is 0 Å². The van der Waals surface area contributed by atoms with E-state index in [-0.39, 0.29) is 17.9 Å². The van der Waals surface area contributed by atoms with Crippen LogP contribution in [0.5, 0.6) is 0 Å². The second kappa shape index (κ2) is 7.48. The molecule has 1 saturated heterocycles. The molecule has 28 heavy (non-hydrogen) atoms. The predicted molar refractivity (Wildman–Crippen MR) is 105 cm³/mol. The number of rotatable bonds is 4. The summed E-state index contributed by atoms with van der Waals surface area (Å²) in [7, 11) is 0. The first-order valence-electron chi connectivity index (χ1n) is 8.94. The smallest absolute Gasteiger partial charge is 0.295 e. The van der Waals surface area contributed by atoms with Gasteiger partial charge in [0.2, 0.25) is 0 Å². The summed E-state index contributed by atoms with van der Waals surface area (Å²) in [5, 5.41) is 10.9. The lowest BCUT2D eigenvalue weighted by Crippen LogP contribution is -2.29. The highest BCUT2D eigenvalue weighted by molar-refractivity contribution is 6.46. The summed E-state index contributed by atoms with van der Waals surface area (Å²) in [4.78, 5) is 31.3. The molecule has 1 N–H and O–H groups in total. The summed E-state index contributed by atoms with van der Waals surface area (Å²) >= 11 is 0. The molecule has 4 rings (SSSR count). The minimum atomic E-state index is -0.681. The number of carbonyl (C=O) groups is 2. The minimum Gasteiger partial charge on any atom is -0.507 e. The second-order valence-corrected chi connectivity index (χ2v) is 6.56. The first-order chi connectivity index (χ1) is 13.7. The molecule has 3 aromatic rings. The van der Waals surface area contributed by atoms with Gasteiger partial charge in [-0.25, -0.2) is 0 Å². The van der Waals surface area contributed by atoms with Crippen LogP contribution in [0.15, 0.2) is 90.8 Å². The van der Waals surface area contributed by atoms with E-state index >= 15 is 0 Å². The van der Waals surface area contributed by atoms with Crippen molar-refractivity contribution in [2.75, 3.05) is 0 Å². The van der Waals surface area contributed by atoms with Gasteiger partial charge in [0.05, 0.1) is 11.6 Å². The molecule has 0 radical (unpaired) electrons. The van der Waals surface area contributed by atoms with Gasteiger partial charge < -0.3 is 10.0 Å². The third-order valence-electron chi connectivity index (χ3n) is 4.80. The van der Waals surface area contributed by atoms with Crippen LogP contribution in [0.2, 0.25) is 0 Å². The van der Waals surface area contributed by atoms with Gasteiger partial charge >= 0.3 is 0 Å². The Morgan fingerprint density at radius 3 is 2.14 bits per heavy atom. The summed E-state index contributed by atoms with van der Waals surface area (Å²) in [6.07, 6.45) is 3.22. The third-order valence-corrected chi connectivity index (χ3v) is 4.80. The quantitative estimate of drug-likeness (QED) is 0.432. The minimum absolute atomic E-state index is 0.0957. The highest BCUT2D eigenvalue weighted by Gasteiger charge is 2.45. The molecular formula is C23H18N2O3. The number of nitrogens with zero attached hydrogens (tertiary/aromatic N) is 2. The predicted octanol–water partition coefficient (Wildman–Crippen LogP) is 3.70. The SMILES string of the molecule is O=C1C(=O)N(Cc2ccccc2)C(c2ccncc2)/C1=C(\O)c1ccccc1. The van der Waals surface area contributed by atoms with Crippen molar-refractivity contribution in [3.63, 3.8) is 0 Å². The average molecular weight is 370 g/mol. The van der Waals surface area contributed by atoms with Crippen molar-refractivity contribution in [3.05, 3.63) is 107 Å². The largest absolute Gasteiger partial charge is 0.507 e. The highest BCUT2D eigenvalue weighted by Crippen LogP contribution is 2.39. The monoisotopic (exact) mass is 370 g/mol. The number of hydrogen-bond acceptors (Lipinski definition) is 4. The Labute approximate surface area is 162 Å². The Morgan fingerprint density at radius 1 is 0.893 bits per heavy atom. The van der Waals surface area contributed by atoms with Gasteiger partial charge in [0, 0.05) is 24.5 Å². The summed E-state index contributed by atoms with van der Waals surface area (Å²) < 4.78 is 0. The molecule has 5 nitrogen and oxygen atoms in total. The zero-order valence-electron chi connectivity index (χ0n) is 15.0. The fraction of sp³-hybridized carbons (Fsp3) is 0.0870. The van der Waals surface area contributed by atoms with Crippen LogP contribution in [0.25, 0.3) is 5.76 Å². The van der Waals surface area contributed by atoms with Crippen LogP contribution in [-0.2, 0) is 16.1 Å². The zero-order valence-corrected chi connectivity index (χ0v) is 15.0. The van der Waals surface area contributed by atoms with Crippen LogP contribution < -0.4 is 0 Å². The molecule has 1 atom stereocenters. The van der Waals surface area contributed by atoms with Crippen molar-refractivity contribution >= 4 is 17.4 Å². The molecule has 138 valence electrons. The number of aliphatic hydroxyl groups is 1. The number of Topliss-reactive ketones (excluding diaryl/α,β-unsaturated/α-hetero) is 1. The Balaban J connectivity index is 1.85. The maximum atomic E-state index is 12.9. The van der Waals surface area contributed by atoms with E-state index in [1.54, 1.807) is 48.8 Å². The maximum Gasteiger partial charge on any atom is 0.295 e. The normalized spacial score (nSPS) is 18.4. The molecule has 2 heterocycles. The van der Waals surface area contributed by atoms with Gasteiger partial charge in [-0.1, -0.05) is 60.7 Å². The van der Waals surface area contributed by atoms with Crippen molar-refractivity contribution in [1.29, 1.82) is 0 Å². The molecule has 5 heteroatoms. The van der Waals surface area contributed by atoms with Crippen LogP contribution in [0.4, 0.5) is 0 Å². The summed E-state index contributed by atoms with van der Waals surface area (Å²) in [5.41, 5.74) is 2.23. The first-order valence-corrected chi connectivity index (χ1v) is 8.94. The third kappa shape index (κ3) is 3.18. The van der Waals surface area contributed by atoms with E-state index < -0.39 is 17.7 Å². The second-order valence-electron chi connectivity index (χ2n) is 6.56. The molecule has 1 aliphatic heterocycles. The van der Waals surface area contributed by atoms with Gasteiger partial charge in [-0.15, -0.1) is 0 Å². The standard InChI is InChI=1S/C23H18N2O3/c26-21(18-9-5-2-6-10-18)19-20(17-11-13-24-14-12-17)25(23(28)22(19)27)15-16-7-3-1-4-8-16/h1-14,20,26H,15H2/b21-19+. The van der Waals surface area contributed by atoms with Crippen LogP contribution in [-0.4, -0.2) is 26.7 Å². The van der Waals surface area contributed by atoms with Crippen molar-refractivity contribution in [2.24, 2.45) is 0 Å². The van der Waals surface area contributed by atoms with E-state index in [2.05, 4.69) is 4.98 Å². The van der Waals surface area contributed by atoms with Gasteiger partial charge in [0.15, 0.2) is 0 Å². The van der Waals surface area contributed by atoms with E-state index in [1.165, 1.54) is 4.90 Å². The molecule has 0 aliphatic carbocycles. The molecule has 1 aliphatic rings. The fourth-order valence-corrected chi connectivity index (χ4v) is 3.47. The van der Waals surface area contributed by atoms with Gasteiger partial charge in [0.25, 0.3) is 11.7 Å². The van der Waals surface area contributed by atoms with Crippen molar-refractivity contribution in [2.45, 2.75) is 12.6 Å². The number of ketones is 1. The van der Waals surface area contributed by atoms with Gasteiger partial charge in [0.1, 0.15) is 5.76 Å². The van der Waals surface area contributed by atoms with E-state index in [0.29, 0.717) is 5.56 Å². The maximum absolute atomic E-state index is 12.9. The van der Waals surface area contributed by atoms with Gasteiger partial charge in [-0.05, 0) is 23.3 Å². The first kappa shape index (κ1) is 17.7. The molecule has 0 saturated carbocycles. The van der Waals surface area contributed by atoms with Gasteiger partial charge in [-0.3, -0.25) is 14.6 Å². The van der Waals surface area contributed by atoms with Crippen LogP contribution in [0, 0.1) is 0 Å². The summed E-state index contributed by atoms with van der Waals surface area (Å²) in [6, 6.07) is 21.1. The Morgan fingerprint density at radius 2 is 1.50 bits per heavy atom. The van der Waals surface area contributed by atoms with Crippen LogP contribution in [0.1, 0.15) is 22.7 Å². The number of likely N-dealkylation sites (tertiary alicyclic amines) is 1. The number of carbonyl (C=O) groups excluding carboxylic acids is 2. The molecule has 1 fully saturated rings. The average Bonchev–Trinajstić information content (AvgIpc) is 3.00. The number of pyridine rings is 1. The van der Waals surface area contributed by atoms with E-state index in [4.69, 9.17) is 0 Å². The lowest BCUT2D eigenvalue weighted by molar-refractivity contribution is -0.140. The zero-order chi connectivity index (χ0) is 19.5.